The van der Waals surface area contributed by atoms with E-state index in [0.717, 1.165) is 21.0 Å². The summed E-state index contributed by atoms with van der Waals surface area (Å²) in [5, 5.41) is 2.84. The molecule has 0 aliphatic carbocycles. The van der Waals surface area contributed by atoms with E-state index in [4.69, 9.17) is 9.47 Å². The highest BCUT2D eigenvalue weighted by atomic mass is 32.2. The Morgan fingerprint density at radius 1 is 0.909 bits per heavy atom. The van der Waals surface area contributed by atoms with Gasteiger partial charge in [0.1, 0.15) is 0 Å². The van der Waals surface area contributed by atoms with Gasteiger partial charge in [-0.1, -0.05) is 42.5 Å². The molecule has 0 spiro atoms. The van der Waals surface area contributed by atoms with Crippen LogP contribution in [0.15, 0.2) is 71.6 Å². The van der Waals surface area contributed by atoms with Gasteiger partial charge in [-0.3, -0.25) is 4.79 Å². The van der Waals surface area contributed by atoms with Crippen molar-refractivity contribution >= 4 is 21.6 Å². The fourth-order valence-electron chi connectivity index (χ4n) is 3.38. The number of amides is 1. The van der Waals surface area contributed by atoms with Crippen LogP contribution in [0, 0.1) is 13.8 Å². The first-order chi connectivity index (χ1) is 15.8. The number of ether oxygens (including phenoxy) is 2. The highest BCUT2D eigenvalue weighted by Gasteiger charge is 2.28. The van der Waals surface area contributed by atoms with Crippen molar-refractivity contribution in [3.63, 3.8) is 0 Å². The lowest BCUT2D eigenvalue weighted by molar-refractivity contribution is -0.116. The Labute approximate surface area is 195 Å². The molecule has 0 radical (unpaired) electrons. The van der Waals surface area contributed by atoms with Gasteiger partial charge in [-0.05, 0) is 48.7 Å². The molecule has 0 atom stereocenters. The van der Waals surface area contributed by atoms with Crippen LogP contribution in [0.5, 0.6) is 11.5 Å². The molecule has 3 aromatic carbocycles. The molecular formula is C25H28N2O5S. The Kier molecular flexibility index (Phi) is 7.73. The first-order valence-electron chi connectivity index (χ1n) is 10.4. The molecule has 0 fully saturated rings. The second-order valence-corrected chi connectivity index (χ2v) is 9.51. The Balaban J connectivity index is 1.93. The number of aryl methyl sites for hydroxylation is 1. The summed E-state index contributed by atoms with van der Waals surface area (Å²) in [6.45, 7) is 3.55. The van der Waals surface area contributed by atoms with Crippen molar-refractivity contribution in [3.8, 4) is 11.5 Å². The third kappa shape index (κ3) is 5.71. The van der Waals surface area contributed by atoms with Crippen LogP contribution in [0.1, 0.15) is 16.7 Å². The summed E-state index contributed by atoms with van der Waals surface area (Å²) in [4.78, 5) is 12.9. The third-order valence-corrected chi connectivity index (χ3v) is 7.18. The fourth-order valence-corrected chi connectivity index (χ4v) is 4.78. The molecule has 0 saturated heterocycles. The van der Waals surface area contributed by atoms with Crippen LogP contribution in [-0.2, 0) is 21.4 Å². The molecule has 0 bridgehead atoms. The molecule has 174 valence electrons. The Hall–Kier alpha value is -3.36. The first kappa shape index (κ1) is 24.3. The van der Waals surface area contributed by atoms with Gasteiger partial charge >= 0.3 is 0 Å². The number of rotatable bonds is 9. The lowest BCUT2D eigenvalue weighted by Crippen LogP contribution is -2.37. The number of carbonyl (C=O) groups excluding carboxylic acids is 1. The molecule has 0 aliphatic rings. The van der Waals surface area contributed by atoms with E-state index in [-0.39, 0.29) is 23.7 Å². The maximum absolute atomic E-state index is 13.6. The fraction of sp³-hybridized carbons (Fsp3) is 0.240. The smallest absolute Gasteiger partial charge is 0.243 e. The topological polar surface area (TPSA) is 84.9 Å². The Morgan fingerprint density at radius 3 is 2.27 bits per heavy atom. The van der Waals surface area contributed by atoms with E-state index < -0.39 is 15.9 Å². The van der Waals surface area contributed by atoms with Crippen molar-refractivity contribution in [2.24, 2.45) is 0 Å². The van der Waals surface area contributed by atoms with Gasteiger partial charge in [-0.25, -0.2) is 8.42 Å². The van der Waals surface area contributed by atoms with Crippen molar-refractivity contribution in [1.29, 1.82) is 0 Å². The number of carbonyl (C=O) groups is 1. The summed E-state index contributed by atoms with van der Waals surface area (Å²) in [6.07, 6.45) is 0. The van der Waals surface area contributed by atoms with Crippen LogP contribution >= 0.6 is 0 Å². The molecule has 0 heterocycles. The molecule has 0 unspecified atom stereocenters. The molecule has 0 aliphatic heterocycles. The lowest BCUT2D eigenvalue weighted by Gasteiger charge is -2.23. The van der Waals surface area contributed by atoms with Gasteiger partial charge in [-0.15, -0.1) is 0 Å². The summed E-state index contributed by atoms with van der Waals surface area (Å²) < 4.78 is 38.8. The minimum absolute atomic E-state index is 0.00983. The molecule has 1 N–H and O–H groups in total. The maximum Gasteiger partial charge on any atom is 0.243 e. The number of methoxy groups -OCH3 is 2. The van der Waals surface area contributed by atoms with E-state index in [0.29, 0.717) is 11.4 Å². The molecule has 8 heteroatoms. The third-order valence-electron chi connectivity index (χ3n) is 5.39. The van der Waals surface area contributed by atoms with Crippen molar-refractivity contribution in [1.82, 2.24) is 4.31 Å². The van der Waals surface area contributed by atoms with Crippen molar-refractivity contribution in [2.45, 2.75) is 25.3 Å². The number of benzene rings is 3. The van der Waals surface area contributed by atoms with E-state index in [1.165, 1.54) is 32.4 Å². The summed E-state index contributed by atoms with van der Waals surface area (Å²) in [7, 11) is -1.11. The average molecular weight is 469 g/mol. The molecule has 1 amide bonds. The quantitative estimate of drug-likeness (QED) is 0.510. The highest BCUT2D eigenvalue weighted by Crippen LogP contribution is 2.31. The van der Waals surface area contributed by atoms with E-state index in [2.05, 4.69) is 5.32 Å². The van der Waals surface area contributed by atoms with Crippen LogP contribution < -0.4 is 14.8 Å². The molecule has 0 saturated carbocycles. The maximum atomic E-state index is 13.6. The normalized spacial score (nSPS) is 11.3. The largest absolute Gasteiger partial charge is 0.493 e. The second-order valence-electron chi connectivity index (χ2n) is 7.57. The van der Waals surface area contributed by atoms with Gasteiger partial charge < -0.3 is 14.8 Å². The summed E-state index contributed by atoms with van der Waals surface area (Å²) >= 11 is 0. The number of sulfonamides is 1. The van der Waals surface area contributed by atoms with Gasteiger partial charge in [0.25, 0.3) is 0 Å². The Bertz CT molecular complexity index is 1230. The number of hydrogen-bond acceptors (Lipinski definition) is 5. The second kappa shape index (κ2) is 10.5. The van der Waals surface area contributed by atoms with Crippen molar-refractivity contribution < 1.29 is 22.7 Å². The number of nitrogens with zero attached hydrogens (tertiary/aromatic N) is 1. The van der Waals surface area contributed by atoms with Crippen molar-refractivity contribution in [3.05, 3.63) is 83.4 Å². The molecule has 3 aromatic rings. The van der Waals surface area contributed by atoms with E-state index in [1.54, 1.807) is 6.07 Å². The zero-order chi connectivity index (χ0) is 24.0. The summed E-state index contributed by atoms with van der Waals surface area (Å²) in [5.74, 6) is 0.278. The molecule has 0 aromatic heterocycles. The molecule has 33 heavy (non-hydrogen) atoms. The SMILES string of the molecule is COc1ccc(S(=O)(=O)N(CC(=O)Nc2cccc(C)c2C)Cc2ccccc2)cc1OC. The zero-order valence-corrected chi connectivity index (χ0v) is 20.0. The average Bonchev–Trinajstić information content (AvgIpc) is 2.81. The minimum Gasteiger partial charge on any atom is -0.493 e. The van der Waals surface area contributed by atoms with Crippen LogP contribution in [0.4, 0.5) is 5.69 Å². The molecule has 3 rings (SSSR count). The van der Waals surface area contributed by atoms with Crippen LogP contribution in [0.3, 0.4) is 0 Å². The predicted molar refractivity (Wildman–Crippen MR) is 128 cm³/mol. The minimum atomic E-state index is -4.03. The van der Waals surface area contributed by atoms with Crippen LogP contribution in [0.25, 0.3) is 0 Å². The van der Waals surface area contributed by atoms with Gasteiger partial charge in [0.15, 0.2) is 11.5 Å². The van der Waals surface area contributed by atoms with E-state index in [9.17, 15) is 13.2 Å². The first-order valence-corrected chi connectivity index (χ1v) is 11.8. The van der Waals surface area contributed by atoms with E-state index >= 15 is 0 Å². The number of hydrogen-bond donors (Lipinski definition) is 1. The molecular weight excluding hydrogens is 440 g/mol. The van der Waals surface area contributed by atoms with Gasteiger partial charge in [0, 0.05) is 18.3 Å². The summed E-state index contributed by atoms with van der Waals surface area (Å²) in [5.41, 5.74) is 3.39. The molecule has 7 nitrogen and oxygen atoms in total. The zero-order valence-electron chi connectivity index (χ0n) is 19.2. The lowest BCUT2D eigenvalue weighted by atomic mass is 10.1. The standard InChI is InChI=1S/C25H28N2O5S/c1-18-9-8-12-22(19(18)2)26-25(28)17-27(16-20-10-6-5-7-11-20)33(29,30)21-13-14-23(31-3)24(15-21)32-4/h5-15H,16-17H2,1-4H3,(H,26,28). The summed E-state index contributed by atoms with van der Waals surface area (Å²) in [6, 6.07) is 19.1. The van der Waals surface area contributed by atoms with Gasteiger partial charge in [0.2, 0.25) is 15.9 Å². The number of anilines is 1. The van der Waals surface area contributed by atoms with Crippen LogP contribution in [-0.4, -0.2) is 39.4 Å². The monoisotopic (exact) mass is 468 g/mol. The highest BCUT2D eigenvalue weighted by molar-refractivity contribution is 7.89. The van der Waals surface area contributed by atoms with Gasteiger partial charge in [0.05, 0.1) is 25.7 Å². The predicted octanol–water partition coefficient (Wildman–Crippen LogP) is 4.15. The van der Waals surface area contributed by atoms with E-state index in [1.807, 2.05) is 56.3 Å². The van der Waals surface area contributed by atoms with Crippen LogP contribution in [0.2, 0.25) is 0 Å². The Morgan fingerprint density at radius 2 is 1.61 bits per heavy atom. The number of nitrogens with one attached hydrogen (secondary N) is 1. The van der Waals surface area contributed by atoms with Crippen molar-refractivity contribution in [2.75, 3.05) is 26.1 Å². The van der Waals surface area contributed by atoms with Gasteiger partial charge in [-0.2, -0.15) is 4.31 Å².